The Labute approximate surface area is 133 Å². The molecule has 0 bridgehead atoms. The highest BCUT2D eigenvalue weighted by Gasteiger charge is 2.33. The smallest absolute Gasteiger partial charge is 0.376 e. The number of ether oxygens (including phenoxy) is 2. The summed E-state index contributed by atoms with van der Waals surface area (Å²) in [5.74, 6) is -0.267. The minimum atomic E-state index is -4.41. The van der Waals surface area contributed by atoms with E-state index in [1.165, 1.54) is 11.0 Å². The molecule has 1 aromatic rings. The van der Waals surface area contributed by atoms with Gasteiger partial charge in [0, 0.05) is 6.54 Å². The number of amides is 1. The van der Waals surface area contributed by atoms with Crippen molar-refractivity contribution in [1.29, 1.82) is 0 Å². The SMILES string of the molecule is CCN(C(=O)[C@@H]1COCCO1)[C@@H](C)c1cccc(C(F)(F)F)c1. The Balaban J connectivity index is 2.19. The number of benzene rings is 1. The maximum Gasteiger partial charge on any atom is 0.416 e. The van der Waals surface area contributed by atoms with Crippen LogP contribution in [0.15, 0.2) is 24.3 Å². The predicted molar refractivity (Wildman–Crippen MR) is 77.8 cm³/mol. The predicted octanol–water partition coefficient (Wildman–Crippen LogP) is 3.03. The Morgan fingerprint density at radius 3 is 2.70 bits per heavy atom. The molecule has 0 aliphatic carbocycles. The van der Waals surface area contributed by atoms with Crippen molar-refractivity contribution in [2.24, 2.45) is 0 Å². The Bertz CT molecular complexity index is 542. The number of likely N-dealkylation sites (N-methyl/N-ethyl adjacent to an activating group) is 1. The molecule has 0 saturated carbocycles. The standard InChI is InChI=1S/C16H20F3NO3/c1-3-20(15(21)14-10-22-7-8-23-14)11(2)12-5-4-6-13(9-12)16(17,18)19/h4-6,9,11,14H,3,7-8,10H2,1-2H3/t11-,14-/m0/s1. The number of hydrogen-bond acceptors (Lipinski definition) is 3. The van der Waals surface area contributed by atoms with Gasteiger partial charge in [0.2, 0.25) is 0 Å². The molecular weight excluding hydrogens is 311 g/mol. The van der Waals surface area contributed by atoms with E-state index in [4.69, 9.17) is 9.47 Å². The lowest BCUT2D eigenvalue weighted by Crippen LogP contribution is -2.46. The minimum Gasteiger partial charge on any atom is -0.376 e. The summed E-state index contributed by atoms with van der Waals surface area (Å²) in [4.78, 5) is 14.0. The van der Waals surface area contributed by atoms with E-state index in [0.29, 0.717) is 25.3 Å². The summed E-state index contributed by atoms with van der Waals surface area (Å²) in [6.07, 6.45) is -5.10. The van der Waals surface area contributed by atoms with Gasteiger partial charge in [0.25, 0.3) is 5.91 Å². The van der Waals surface area contributed by atoms with Gasteiger partial charge < -0.3 is 14.4 Å². The third-order valence-corrected chi connectivity index (χ3v) is 3.88. The molecule has 1 aromatic carbocycles. The van der Waals surface area contributed by atoms with E-state index in [1.807, 2.05) is 0 Å². The average molecular weight is 331 g/mol. The minimum absolute atomic E-state index is 0.171. The quantitative estimate of drug-likeness (QED) is 0.851. The second-order valence-corrected chi connectivity index (χ2v) is 5.36. The van der Waals surface area contributed by atoms with Crippen molar-refractivity contribution in [3.63, 3.8) is 0 Å². The lowest BCUT2D eigenvalue weighted by molar-refractivity contribution is -0.159. The number of rotatable bonds is 4. The fourth-order valence-corrected chi connectivity index (χ4v) is 2.59. The van der Waals surface area contributed by atoms with Crippen LogP contribution in [0.3, 0.4) is 0 Å². The van der Waals surface area contributed by atoms with Crippen LogP contribution in [-0.2, 0) is 20.4 Å². The molecule has 4 nitrogen and oxygen atoms in total. The van der Waals surface area contributed by atoms with Crippen molar-refractivity contribution in [3.05, 3.63) is 35.4 Å². The molecule has 0 aromatic heterocycles. The zero-order valence-electron chi connectivity index (χ0n) is 13.1. The molecule has 23 heavy (non-hydrogen) atoms. The van der Waals surface area contributed by atoms with Gasteiger partial charge in [-0.25, -0.2) is 0 Å². The van der Waals surface area contributed by atoms with Gasteiger partial charge in [0.05, 0.1) is 31.4 Å². The molecular formula is C16H20F3NO3. The van der Waals surface area contributed by atoms with E-state index < -0.39 is 23.9 Å². The van der Waals surface area contributed by atoms with Crippen molar-refractivity contribution in [3.8, 4) is 0 Å². The zero-order valence-corrected chi connectivity index (χ0v) is 13.1. The summed E-state index contributed by atoms with van der Waals surface area (Å²) < 4.78 is 49.2. The molecule has 2 atom stereocenters. The molecule has 1 amide bonds. The largest absolute Gasteiger partial charge is 0.416 e. The van der Waals surface area contributed by atoms with Crippen LogP contribution in [0.5, 0.6) is 0 Å². The van der Waals surface area contributed by atoms with Crippen molar-refractivity contribution in [2.75, 3.05) is 26.4 Å². The number of carbonyl (C=O) groups excluding carboxylic acids is 1. The van der Waals surface area contributed by atoms with E-state index in [2.05, 4.69) is 0 Å². The first kappa shape index (κ1) is 17.7. The summed E-state index contributed by atoms with van der Waals surface area (Å²) in [5.41, 5.74) is -0.283. The van der Waals surface area contributed by atoms with E-state index in [-0.39, 0.29) is 12.5 Å². The van der Waals surface area contributed by atoms with Gasteiger partial charge in [-0.05, 0) is 31.5 Å². The van der Waals surface area contributed by atoms with Gasteiger partial charge in [-0.2, -0.15) is 13.2 Å². The molecule has 1 saturated heterocycles. The fourth-order valence-electron chi connectivity index (χ4n) is 2.59. The van der Waals surface area contributed by atoms with E-state index in [1.54, 1.807) is 19.9 Å². The van der Waals surface area contributed by atoms with Crippen LogP contribution in [0.1, 0.15) is 31.0 Å². The van der Waals surface area contributed by atoms with Gasteiger partial charge in [-0.15, -0.1) is 0 Å². The molecule has 1 heterocycles. The molecule has 128 valence electrons. The van der Waals surface area contributed by atoms with Crippen LogP contribution in [0.2, 0.25) is 0 Å². The highest BCUT2D eigenvalue weighted by Crippen LogP contribution is 2.32. The normalized spacial score (nSPS) is 20.1. The number of alkyl halides is 3. The summed E-state index contributed by atoms with van der Waals surface area (Å²) in [6, 6.07) is 4.56. The Kier molecular flexibility index (Phi) is 5.64. The van der Waals surface area contributed by atoms with Gasteiger partial charge in [0.15, 0.2) is 6.10 Å². The third kappa shape index (κ3) is 4.23. The molecule has 1 aliphatic rings. The van der Waals surface area contributed by atoms with Crippen molar-refractivity contribution in [2.45, 2.75) is 32.2 Å². The first-order valence-electron chi connectivity index (χ1n) is 7.51. The fraction of sp³-hybridized carbons (Fsp3) is 0.562. The van der Waals surface area contributed by atoms with E-state index >= 15 is 0 Å². The number of halogens is 3. The summed E-state index contributed by atoms with van der Waals surface area (Å²) in [7, 11) is 0. The Morgan fingerprint density at radius 2 is 2.13 bits per heavy atom. The lowest BCUT2D eigenvalue weighted by atomic mass is 10.0. The summed E-state index contributed by atoms with van der Waals surface area (Å²) in [6.45, 7) is 4.82. The molecule has 7 heteroatoms. The van der Waals surface area contributed by atoms with Crippen LogP contribution in [0.25, 0.3) is 0 Å². The molecule has 0 spiro atoms. The van der Waals surface area contributed by atoms with Gasteiger partial charge in [-0.1, -0.05) is 12.1 Å². The Morgan fingerprint density at radius 1 is 1.39 bits per heavy atom. The van der Waals surface area contributed by atoms with Crippen LogP contribution < -0.4 is 0 Å². The van der Waals surface area contributed by atoms with Crippen molar-refractivity contribution in [1.82, 2.24) is 4.90 Å². The van der Waals surface area contributed by atoms with Crippen LogP contribution in [-0.4, -0.2) is 43.3 Å². The summed E-state index contributed by atoms with van der Waals surface area (Å²) in [5, 5.41) is 0. The summed E-state index contributed by atoms with van der Waals surface area (Å²) >= 11 is 0. The second kappa shape index (κ2) is 7.31. The first-order chi connectivity index (χ1) is 10.8. The Hall–Kier alpha value is -1.60. The number of carbonyl (C=O) groups is 1. The molecule has 0 radical (unpaired) electrons. The molecule has 2 rings (SSSR count). The topological polar surface area (TPSA) is 38.8 Å². The molecule has 1 aliphatic heterocycles. The first-order valence-corrected chi connectivity index (χ1v) is 7.51. The highest BCUT2D eigenvalue weighted by molar-refractivity contribution is 5.81. The van der Waals surface area contributed by atoms with Crippen LogP contribution in [0.4, 0.5) is 13.2 Å². The maximum atomic E-state index is 12.8. The lowest BCUT2D eigenvalue weighted by Gasteiger charge is -2.33. The van der Waals surface area contributed by atoms with Gasteiger partial charge in [-0.3, -0.25) is 4.79 Å². The van der Waals surface area contributed by atoms with Crippen molar-refractivity contribution < 1.29 is 27.4 Å². The van der Waals surface area contributed by atoms with Gasteiger partial charge >= 0.3 is 6.18 Å². The molecule has 0 N–H and O–H groups in total. The monoisotopic (exact) mass is 331 g/mol. The van der Waals surface area contributed by atoms with Crippen LogP contribution in [0, 0.1) is 0 Å². The molecule has 0 unspecified atom stereocenters. The van der Waals surface area contributed by atoms with Gasteiger partial charge in [0.1, 0.15) is 0 Å². The average Bonchev–Trinajstić information content (AvgIpc) is 2.55. The number of hydrogen-bond donors (Lipinski definition) is 0. The maximum absolute atomic E-state index is 12.8. The zero-order chi connectivity index (χ0) is 17.0. The number of nitrogens with zero attached hydrogens (tertiary/aromatic N) is 1. The highest BCUT2D eigenvalue weighted by atomic mass is 19.4. The van der Waals surface area contributed by atoms with Crippen LogP contribution >= 0.6 is 0 Å². The van der Waals surface area contributed by atoms with Crippen molar-refractivity contribution >= 4 is 5.91 Å². The second-order valence-electron chi connectivity index (χ2n) is 5.36. The van der Waals surface area contributed by atoms with E-state index in [0.717, 1.165) is 12.1 Å². The molecule has 1 fully saturated rings. The van der Waals surface area contributed by atoms with E-state index in [9.17, 15) is 18.0 Å². The third-order valence-electron chi connectivity index (χ3n) is 3.88.